The molecular formula is C26H16N4O2. The number of rotatable bonds is 0. The van der Waals surface area contributed by atoms with Crippen LogP contribution in [0.25, 0.3) is 45.4 Å². The van der Waals surface area contributed by atoms with Crippen LogP contribution in [0.5, 0.6) is 0 Å². The van der Waals surface area contributed by atoms with Gasteiger partial charge in [0, 0.05) is 22.1 Å². The van der Waals surface area contributed by atoms with E-state index in [9.17, 15) is 9.59 Å². The topological polar surface area (TPSA) is 91.5 Å². The van der Waals surface area contributed by atoms with E-state index >= 15 is 0 Å². The molecule has 2 atom stereocenters. The summed E-state index contributed by atoms with van der Waals surface area (Å²) in [7, 11) is 0. The van der Waals surface area contributed by atoms with E-state index in [1.54, 1.807) is 0 Å². The predicted molar refractivity (Wildman–Crippen MR) is 123 cm³/mol. The molecule has 10 bridgehead atoms. The summed E-state index contributed by atoms with van der Waals surface area (Å²) in [6.07, 6.45) is 7.57. The van der Waals surface area contributed by atoms with E-state index in [0.29, 0.717) is 11.4 Å². The number of carbonyl (C=O) groups excluding carboxylic acids is 2. The number of hydrogen-bond acceptors (Lipinski definition) is 4. The Morgan fingerprint density at radius 2 is 1.09 bits per heavy atom. The molecule has 2 aliphatic heterocycles. The molecule has 0 radical (unpaired) electrons. The van der Waals surface area contributed by atoms with Crippen molar-refractivity contribution in [2.24, 2.45) is 11.8 Å². The molecule has 6 heteroatoms. The van der Waals surface area contributed by atoms with Gasteiger partial charge in [-0.25, -0.2) is 9.97 Å². The van der Waals surface area contributed by atoms with E-state index in [1.165, 1.54) is 0 Å². The molecule has 0 fully saturated rings. The quantitative estimate of drug-likeness (QED) is 0.329. The van der Waals surface area contributed by atoms with E-state index in [2.05, 4.69) is 9.97 Å². The Bertz CT molecular complexity index is 1630. The molecule has 5 aliphatic rings. The van der Waals surface area contributed by atoms with Crippen molar-refractivity contribution in [1.29, 1.82) is 0 Å². The van der Waals surface area contributed by atoms with Gasteiger partial charge in [-0.15, -0.1) is 0 Å². The minimum atomic E-state index is -0.573. The maximum absolute atomic E-state index is 12.6. The summed E-state index contributed by atoms with van der Waals surface area (Å²) in [5, 5.41) is 0. The van der Waals surface area contributed by atoms with Crippen molar-refractivity contribution in [2.45, 2.75) is 0 Å². The monoisotopic (exact) mass is 416 g/mol. The lowest BCUT2D eigenvalue weighted by Gasteiger charge is -2.30. The SMILES string of the molecule is O=C1C(=O)C2C=CC1C1=C2c2cc3ccc(cc4ccc(cc5nc(cc1n2)C=C5)[nH]4)[nH]3. The lowest BCUT2D eigenvalue weighted by Crippen LogP contribution is -2.37. The molecule has 0 aromatic carbocycles. The highest BCUT2D eigenvalue weighted by molar-refractivity contribution is 6.47. The molecule has 3 aliphatic carbocycles. The van der Waals surface area contributed by atoms with Crippen molar-refractivity contribution < 1.29 is 9.59 Å². The zero-order valence-corrected chi connectivity index (χ0v) is 16.8. The fourth-order valence-corrected chi connectivity index (χ4v) is 4.92. The van der Waals surface area contributed by atoms with Gasteiger partial charge < -0.3 is 9.97 Å². The average Bonchev–Trinajstić information content (AvgIpc) is 3.56. The summed E-state index contributed by atoms with van der Waals surface area (Å²) in [6.45, 7) is 0. The number of aromatic amines is 2. The van der Waals surface area contributed by atoms with Crippen molar-refractivity contribution in [3.8, 4) is 0 Å². The smallest absolute Gasteiger partial charge is 0.210 e. The Balaban J connectivity index is 1.57. The van der Waals surface area contributed by atoms with Gasteiger partial charge in [0.2, 0.25) is 11.6 Å². The predicted octanol–water partition coefficient (Wildman–Crippen LogP) is 4.35. The number of aromatic nitrogens is 4. The summed E-state index contributed by atoms with van der Waals surface area (Å²) in [4.78, 5) is 41.6. The number of ketones is 2. The normalized spacial score (nSPS) is 20.9. The van der Waals surface area contributed by atoms with Crippen LogP contribution in [-0.2, 0) is 9.59 Å². The van der Waals surface area contributed by atoms with Crippen LogP contribution in [-0.4, -0.2) is 31.5 Å². The standard InChI is InChI=1S/C26H16N4O2/c31-25-19-7-8-20(26(25)32)24-22-12-18-6-4-16(29-18)10-14-2-1-13(27-14)9-15-3-5-17(28-15)11-21(30-22)23(19)24/h1-12,19-20,27-28H. The maximum Gasteiger partial charge on any atom is 0.210 e. The van der Waals surface area contributed by atoms with Crippen LogP contribution in [0.2, 0.25) is 0 Å². The first-order valence-electron chi connectivity index (χ1n) is 10.5. The van der Waals surface area contributed by atoms with Gasteiger partial charge >= 0.3 is 0 Å². The molecule has 0 saturated heterocycles. The van der Waals surface area contributed by atoms with Gasteiger partial charge in [0.1, 0.15) is 0 Å². The van der Waals surface area contributed by atoms with Gasteiger partial charge in [-0.2, -0.15) is 0 Å². The highest BCUT2D eigenvalue weighted by atomic mass is 16.2. The number of fused-ring (bicyclic) bond motifs is 9. The number of carbonyl (C=O) groups is 2. The molecule has 0 amide bonds. The minimum absolute atomic E-state index is 0.351. The molecule has 32 heavy (non-hydrogen) atoms. The number of nitrogens with zero attached hydrogens (tertiary/aromatic N) is 2. The van der Waals surface area contributed by atoms with Crippen LogP contribution in [0.15, 0.2) is 60.7 Å². The second-order valence-electron chi connectivity index (χ2n) is 8.39. The molecule has 2 N–H and O–H groups in total. The third-order valence-corrected chi connectivity index (χ3v) is 6.35. The average molecular weight is 416 g/mol. The third-order valence-electron chi connectivity index (χ3n) is 6.35. The van der Waals surface area contributed by atoms with Crippen LogP contribution in [0.1, 0.15) is 22.8 Å². The highest BCUT2D eigenvalue weighted by Crippen LogP contribution is 2.48. The van der Waals surface area contributed by atoms with Crippen LogP contribution >= 0.6 is 0 Å². The first kappa shape index (κ1) is 17.4. The Morgan fingerprint density at radius 1 is 0.594 bits per heavy atom. The molecule has 152 valence electrons. The molecule has 3 aromatic rings. The van der Waals surface area contributed by atoms with Gasteiger partial charge in [0.25, 0.3) is 0 Å². The van der Waals surface area contributed by atoms with Gasteiger partial charge in [0.05, 0.1) is 34.6 Å². The maximum atomic E-state index is 12.6. The largest absolute Gasteiger partial charge is 0.355 e. The molecular weight excluding hydrogens is 400 g/mol. The first-order valence-corrected chi connectivity index (χ1v) is 10.5. The van der Waals surface area contributed by atoms with Gasteiger partial charge in [0.15, 0.2) is 0 Å². The van der Waals surface area contributed by atoms with Gasteiger partial charge in [-0.05, 0) is 71.8 Å². The van der Waals surface area contributed by atoms with E-state index in [1.807, 2.05) is 72.8 Å². The zero-order valence-electron chi connectivity index (χ0n) is 16.8. The summed E-state index contributed by atoms with van der Waals surface area (Å²) in [6, 6.07) is 15.9. The zero-order chi connectivity index (χ0) is 21.4. The van der Waals surface area contributed by atoms with E-state index in [-0.39, 0.29) is 11.6 Å². The van der Waals surface area contributed by atoms with E-state index < -0.39 is 11.8 Å². The number of hydrogen-bond donors (Lipinski definition) is 2. The Kier molecular flexibility index (Phi) is 3.31. The molecule has 8 rings (SSSR count). The van der Waals surface area contributed by atoms with Gasteiger partial charge in [-0.3, -0.25) is 9.59 Å². The Morgan fingerprint density at radius 3 is 1.72 bits per heavy atom. The molecule has 0 saturated carbocycles. The van der Waals surface area contributed by atoms with Crippen LogP contribution < -0.4 is 0 Å². The first-order chi connectivity index (χ1) is 15.6. The van der Waals surface area contributed by atoms with Crippen molar-refractivity contribution in [1.82, 2.24) is 19.9 Å². The van der Waals surface area contributed by atoms with Crippen molar-refractivity contribution >= 4 is 56.9 Å². The molecule has 2 unspecified atom stereocenters. The minimum Gasteiger partial charge on any atom is -0.355 e. The number of allylic oxidation sites excluding steroid dienone is 4. The Hall–Kier alpha value is -4.32. The lowest BCUT2D eigenvalue weighted by molar-refractivity contribution is -0.138. The number of H-pyrrole nitrogens is 2. The van der Waals surface area contributed by atoms with E-state index in [0.717, 1.165) is 44.6 Å². The highest BCUT2D eigenvalue weighted by Gasteiger charge is 2.47. The molecule has 6 nitrogen and oxygen atoms in total. The number of nitrogens with one attached hydrogen (secondary N) is 2. The fourth-order valence-electron chi connectivity index (χ4n) is 4.92. The second kappa shape index (κ2) is 6.11. The number of Topliss-reactive ketones (excluding diaryl/α,β-unsaturated/α-hetero) is 2. The van der Waals surface area contributed by atoms with Crippen LogP contribution in [0.3, 0.4) is 0 Å². The van der Waals surface area contributed by atoms with Crippen LogP contribution in [0.4, 0.5) is 0 Å². The van der Waals surface area contributed by atoms with E-state index in [4.69, 9.17) is 9.97 Å². The van der Waals surface area contributed by atoms with Crippen molar-refractivity contribution in [2.75, 3.05) is 0 Å². The fraction of sp³-hybridized carbons (Fsp3) is 0.0769. The molecule has 3 aromatic heterocycles. The lowest BCUT2D eigenvalue weighted by atomic mass is 9.69. The summed E-state index contributed by atoms with van der Waals surface area (Å²) < 4.78 is 0. The van der Waals surface area contributed by atoms with Crippen LogP contribution in [0, 0.1) is 11.8 Å². The summed E-state index contributed by atoms with van der Waals surface area (Å²) in [5.74, 6) is -1.85. The summed E-state index contributed by atoms with van der Waals surface area (Å²) in [5.41, 5.74) is 8.45. The summed E-state index contributed by atoms with van der Waals surface area (Å²) >= 11 is 0. The van der Waals surface area contributed by atoms with Crippen molar-refractivity contribution in [3.05, 3.63) is 83.5 Å². The third kappa shape index (κ3) is 2.46. The van der Waals surface area contributed by atoms with Gasteiger partial charge in [-0.1, -0.05) is 12.2 Å². The Labute approximate surface area is 182 Å². The van der Waals surface area contributed by atoms with Crippen molar-refractivity contribution in [3.63, 3.8) is 0 Å². The molecule has 5 heterocycles. The molecule has 0 spiro atoms. The second-order valence-corrected chi connectivity index (χ2v) is 8.39.